The first-order valence-corrected chi connectivity index (χ1v) is 9.57. The van der Waals surface area contributed by atoms with Crippen molar-refractivity contribution < 1.29 is 9.90 Å². The van der Waals surface area contributed by atoms with Crippen molar-refractivity contribution in [1.82, 2.24) is 10.2 Å². The van der Waals surface area contributed by atoms with Gasteiger partial charge in [-0.15, -0.1) is 0 Å². The maximum Gasteiger partial charge on any atom is 0.222 e. The van der Waals surface area contributed by atoms with Gasteiger partial charge in [0.25, 0.3) is 0 Å². The summed E-state index contributed by atoms with van der Waals surface area (Å²) in [6.45, 7) is 4.70. The van der Waals surface area contributed by atoms with E-state index in [1.165, 1.54) is 30.5 Å². The summed E-state index contributed by atoms with van der Waals surface area (Å²) >= 11 is 0. The molecule has 0 aromatic heterocycles. The van der Waals surface area contributed by atoms with Crippen LogP contribution in [0.3, 0.4) is 0 Å². The molecule has 25 heavy (non-hydrogen) atoms. The molecule has 3 rings (SSSR count). The Morgan fingerprint density at radius 2 is 1.84 bits per heavy atom. The van der Waals surface area contributed by atoms with Gasteiger partial charge in [0, 0.05) is 38.9 Å². The summed E-state index contributed by atoms with van der Waals surface area (Å²) in [6.07, 6.45) is 5.75. The Hall–Kier alpha value is -1.59. The summed E-state index contributed by atoms with van der Waals surface area (Å²) in [4.78, 5) is 16.4. The smallest absolute Gasteiger partial charge is 0.222 e. The first-order valence-electron chi connectivity index (χ1n) is 9.57. The van der Waals surface area contributed by atoms with Gasteiger partial charge in [-0.2, -0.15) is 0 Å². The molecule has 2 aliphatic heterocycles. The first-order chi connectivity index (χ1) is 12.1. The van der Waals surface area contributed by atoms with Gasteiger partial charge in [-0.1, -0.05) is 12.1 Å². The van der Waals surface area contributed by atoms with Gasteiger partial charge in [-0.05, 0) is 56.3 Å². The third-order valence-electron chi connectivity index (χ3n) is 5.47. The van der Waals surface area contributed by atoms with Crippen LogP contribution in [0, 0.1) is 0 Å². The molecule has 0 bridgehead atoms. The zero-order chi connectivity index (χ0) is 17.7. The number of nitrogens with zero attached hydrogens (tertiary/aromatic N) is 2. The highest BCUT2D eigenvalue weighted by Gasteiger charge is 2.35. The SMILES string of the molecule is CNC(=O)CC1(O)CCCN(Cc2ccc(N3CCCCC3)cc2)C1. The number of hydrogen-bond donors (Lipinski definition) is 2. The Bertz CT molecular complexity index is 569. The van der Waals surface area contributed by atoms with Crippen molar-refractivity contribution in [3.63, 3.8) is 0 Å². The van der Waals surface area contributed by atoms with Crippen LogP contribution in [0.15, 0.2) is 24.3 Å². The van der Waals surface area contributed by atoms with Crippen LogP contribution in [0.2, 0.25) is 0 Å². The van der Waals surface area contributed by atoms with Gasteiger partial charge in [0.1, 0.15) is 0 Å². The molecule has 0 spiro atoms. The highest BCUT2D eigenvalue weighted by Crippen LogP contribution is 2.26. The molecule has 0 saturated carbocycles. The van der Waals surface area contributed by atoms with Crippen LogP contribution in [-0.4, -0.2) is 54.7 Å². The number of rotatable bonds is 5. The van der Waals surface area contributed by atoms with Crippen molar-refractivity contribution in [2.75, 3.05) is 38.1 Å². The molecule has 1 unspecified atom stereocenters. The number of nitrogens with one attached hydrogen (secondary N) is 1. The number of carbonyl (C=O) groups excluding carboxylic acids is 1. The van der Waals surface area contributed by atoms with Crippen LogP contribution < -0.4 is 10.2 Å². The summed E-state index contributed by atoms with van der Waals surface area (Å²) in [7, 11) is 1.62. The third-order valence-corrected chi connectivity index (χ3v) is 5.47. The molecule has 2 saturated heterocycles. The number of likely N-dealkylation sites (tertiary alicyclic amines) is 1. The van der Waals surface area contributed by atoms with Crippen LogP contribution in [0.4, 0.5) is 5.69 Å². The number of aliphatic hydroxyl groups is 1. The number of anilines is 1. The normalized spacial score (nSPS) is 25.0. The third kappa shape index (κ3) is 4.95. The standard InChI is InChI=1S/C20H31N3O2/c1-21-19(24)14-20(25)10-5-11-22(16-20)15-17-6-8-18(9-7-17)23-12-3-2-4-13-23/h6-9,25H,2-5,10-16H2,1H3,(H,21,24). The van der Waals surface area contributed by atoms with Crippen LogP contribution in [0.5, 0.6) is 0 Å². The van der Waals surface area contributed by atoms with Crippen molar-refractivity contribution in [2.45, 2.75) is 50.7 Å². The molecule has 1 aromatic rings. The average Bonchev–Trinajstić information content (AvgIpc) is 2.63. The van der Waals surface area contributed by atoms with Gasteiger partial charge in [0.15, 0.2) is 0 Å². The fraction of sp³-hybridized carbons (Fsp3) is 0.650. The predicted octanol–water partition coefficient (Wildman–Crippen LogP) is 2.14. The molecule has 5 nitrogen and oxygen atoms in total. The Morgan fingerprint density at radius 1 is 1.12 bits per heavy atom. The lowest BCUT2D eigenvalue weighted by Crippen LogP contribution is -2.49. The minimum absolute atomic E-state index is 0.0877. The van der Waals surface area contributed by atoms with Crippen LogP contribution in [-0.2, 0) is 11.3 Å². The van der Waals surface area contributed by atoms with E-state index in [-0.39, 0.29) is 12.3 Å². The Morgan fingerprint density at radius 3 is 2.52 bits per heavy atom. The molecule has 0 aliphatic carbocycles. The zero-order valence-corrected chi connectivity index (χ0v) is 15.3. The lowest BCUT2D eigenvalue weighted by atomic mass is 9.89. The van der Waals surface area contributed by atoms with Crippen LogP contribution >= 0.6 is 0 Å². The van der Waals surface area contributed by atoms with E-state index in [1.807, 2.05) is 0 Å². The molecule has 2 fully saturated rings. The molecule has 2 heterocycles. The number of benzene rings is 1. The molecule has 1 aromatic carbocycles. The fourth-order valence-corrected chi connectivity index (χ4v) is 4.10. The van der Waals surface area contributed by atoms with Gasteiger partial charge in [0.2, 0.25) is 5.91 Å². The molecule has 2 aliphatic rings. The molecule has 138 valence electrons. The fourth-order valence-electron chi connectivity index (χ4n) is 4.10. The summed E-state index contributed by atoms with van der Waals surface area (Å²) in [5, 5.41) is 13.3. The molecule has 2 N–H and O–H groups in total. The average molecular weight is 345 g/mol. The second-order valence-corrected chi connectivity index (χ2v) is 7.60. The van der Waals surface area contributed by atoms with E-state index in [1.54, 1.807) is 7.05 Å². The van der Waals surface area contributed by atoms with E-state index in [9.17, 15) is 9.90 Å². The van der Waals surface area contributed by atoms with Gasteiger partial charge in [-0.3, -0.25) is 9.69 Å². The van der Waals surface area contributed by atoms with Crippen LogP contribution in [0.25, 0.3) is 0 Å². The second kappa shape index (κ2) is 8.19. The van der Waals surface area contributed by atoms with Crippen molar-refractivity contribution in [1.29, 1.82) is 0 Å². The molecule has 5 heteroatoms. The van der Waals surface area contributed by atoms with Gasteiger partial charge in [0.05, 0.1) is 12.0 Å². The van der Waals surface area contributed by atoms with E-state index in [2.05, 4.69) is 39.4 Å². The lowest BCUT2D eigenvalue weighted by molar-refractivity contribution is -0.128. The number of β-amino-alcohol motifs (C(OH)–C–C–N with tert-alkyl or cyclic N) is 1. The van der Waals surface area contributed by atoms with Crippen LogP contribution in [0.1, 0.15) is 44.1 Å². The highest BCUT2D eigenvalue weighted by molar-refractivity contribution is 5.76. The Balaban J connectivity index is 1.57. The Kier molecular flexibility index (Phi) is 5.97. The predicted molar refractivity (Wildman–Crippen MR) is 101 cm³/mol. The van der Waals surface area contributed by atoms with Gasteiger partial charge >= 0.3 is 0 Å². The maximum atomic E-state index is 11.6. The monoisotopic (exact) mass is 345 g/mol. The second-order valence-electron chi connectivity index (χ2n) is 7.60. The lowest BCUT2D eigenvalue weighted by Gasteiger charge is -2.39. The van der Waals surface area contributed by atoms with E-state index >= 15 is 0 Å². The highest BCUT2D eigenvalue weighted by atomic mass is 16.3. The van der Waals surface area contributed by atoms with Crippen molar-refractivity contribution in [3.8, 4) is 0 Å². The zero-order valence-electron chi connectivity index (χ0n) is 15.3. The first kappa shape index (κ1) is 18.2. The molecular weight excluding hydrogens is 314 g/mol. The maximum absolute atomic E-state index is 11.6. The summed E-state index contributed by atoms with van der Waals surface area (Å²) in [5.74, 6) is -0.0877. The molecule has 1 amide bonds. The molecule has 1 atom stereocenters. The van der Waals surface area contributed by atoms with Crippen molar-refractivity contribution in [3.05, 3.63) is 29.8 Å². The molecule has 0 radical (unpaired) electrons. The topological polar surface area (TPSA) is 55.8 Å². The van der Waals surface area contributed by atoms with E-state index in [0.717, 1.165) is 32.6 Å². The number of hydrogen-bond acceptors (Lipinski definition) is 4. The van der Waals surface area contributed by atoms with Gasteiger partial charge in [-0.25, -0.2) is 0 Å². The van der Waals surface area contributed by atoms with E-state index in [4.69, 9.17) is 0 Å². The number of piperidine rings is 2. The van der Waals surface area contributed by atoms with E-state index < -0.39 is 5.60 Å². The Labute approximate surface area is 151 Å². The van der Waals surface area contributed by atoms with E-state index in [0.29, 0.717) is 13.0 Å². The van der Waals surface area contributed by atoms with Gasteiger partial charge < -0.3 is 15.3 Å². The minimum atomic E-state index is -0.897. The largest absolute Gasteiger partial charge is 0.388 e. The number of amides is 1. The summed E-state index contributed by atoms with van der Waals surface area (Å²) < 4.78 is 0. The van der Waals surface area contributed by atoms with Crippen molar-refractivity contribution >= 4 is 11.6 Å². The summed E-state index contributed by atoms with van der Waals surface area (Å²) in [5.41, 5.74) is 1.69. The van der Waals surface area contributed by atoms with Crippen molar-refractivity contribution in [2.24, 2.45) is 0 Å². The minimum Gasteiger partial charge on any atom is -0.388 e. The quantitative estimate of drug-likeness (QED) is 0.858. The molecular formula is C20H31N3O2. The summed E-state index contributed by atoms with van der Waals surface area (Å²) in [6, 6.07) is 8.86. The number of carbonyl (C=O) groups is 1.